The third-order valence-electron chi connectivity index (χ3n) is 4.11. The third-order valence-corrected chi connectivity index (χ3v) is 5.19. The standard InChI is InChI=1S/C15H20N4OS/c1-3-12-7-14(21-11(12)2)15(20)18-6-4-5-13(8-18)19-10-16-9-17-19/h7,9-10,13H,3-6,8H2,1-2H3/t13-/m0/s1. The second-order valence-electron chi connectivity index (χ2n) is 5.47. The number of piperidine rings is 1. The Labute approximate surface area is 128 Å². The Hall–Kier alpha value is -1.69. The zero-order chi connectivity index (χ0) is 14.8. The number of rotatable bonds is 3. The number of amides is 1. The molecule has 0 radical (unpaired) electrons. The van der Waals surface area contributed by atoms with Gasteiger partial charge in [-0.3, -0.25) is 4.79 Å². The van der Waals surface area contributed by atoms with E-state index in [0.717, 1.165) is 37.2 Å². The molecule has 2 aromatic heterocycles. The molecule has 5 nitrogen and oxygen atoms in total. The molecule has 112 valence electrons. The van der Waals surface area contributed by atoms with Crippen molar-refractivity contribution < 1.29 is 4.79 Å². The lowest BCUT2D eigenvalue weighted by molar-refractivity contribution is 0.0677. The van der Waals surface area contributed by atoms with Crippen LogP contribution in [0.25, 0.3) is 0 Å². The van der Waals surface area contributed by atoms with Crippen molar-refractivity contribution in [1.29, 1.82) is 0 Å². The summed E-state index contributed by atoms with van der Waals surface area (Å²) in [5, 5.41) is 4.21. The van der Waals surface area contributed by atoms with E-state index in [2.05, 4.69) is 30.0 Å². The van der Waals surface area contributed by atoms with Gasteiger partial charge in [0, 0.05) is 18.0 Å². The van der Waals surface area contributed by atoms with E-state index in [0.29, 0.717) is 0 Å². The summed E-state index contributed by atoms with van der Waals surface area (Å²) >= 11 is 1.61. The Bertz CT molecular complexity index is 620. The molecule has 0 saturated carbocycles. The van der Waals surface area contributed by atoms with Crippen LogP contribution in [-0.2, 0) is 6.42 Å². The number of aryl methyl sites for hydroxylation is 2. The fourth-order valence-corrected chi connectivity index (χ4v) is 3.97. The molecule has 3 heterocycles. The van der Waals surface area contributed by atoms with Crippen LogP contribution in [0.4, 0.5) is 0 Å². The van der Waals surface area contributed by atoms with E-state index >= 15 is 0 Å². The van der Waals surface area contributed by atoms with Gasteiger partial charge < -0.3 is 4.90 Å². The van der Waals surface area contributed by atoms with Crippen molar-refractivity contribution in [1.82, 2.24) is 19.7 Å². The smallest absolute Gasteiger partial charge is 0.264 e. The van der Waals surface area contributed by atoms with E-state index in [9.17, 15) is 4.79 Å². The number of nitrogens with zero attached hydrogens (tertiary/aromatic N) is 4. The summed E-state index contributed by atoms with van der Waals surface area (Å²) < 4.78 is 1.87. The Kier molecular flexibility index (Phi) is 4.05. The van der Waals surface area contributed by atoms with Crippen LogP contribution in [0.3, 0.4) is 0 Å². The largest absolute Gasteiger partial charge is 0.336 e. The van der Waals surface area contributed by atoms with Crippen LogP contribution in [0.1, 0.15) is 45.9 Å². The predicted molar refractivity (Wildman–Crippen MR) is 82.6 cm³/mol. The molecule has 1 amide bonds. The monoisotopic (exact) mass is 304 g/mol. The number of hydrogen-bond acceptors (Lipinski definition) is 4. The van der Waals surface area contributed by atoms with Crippen molar-refractivity contribution in [3.8, 4) is 0 Å². The van der Waals surface area contributed by atoms with Gasteiger partial charge in [0.2, 0.25) is 0 Å². The molecule has 0 aliphatic carbocycles. The number of carbonyl (C=O) groups is 1. The highest BCUT2D eigenvalue weighted by Gasteiger charge is 2.27. The summed E-state index contributed by atoms with van der Waals surface area (Å²) in [6, 6.07) is 2.30. The summed E-state index contributed by atoms with van der Waals surface area (Å²) in [4.78, 5) is 20.8. The van der Waals surface area contributed by atoms with Crippen molar-refractivity contribution in [2.24, 2.45) is 0 Å². The van der Waals surface area contributed by atoms with Crippen LogP contribution >= 0.6 is 11.3 Å². The second kappa shape index (κ2) is 5.97. The SMILES string of the molecule is CCc1cc(C(=O)N2CCC[C@H](n3cncn3)C2)sc1C. The van der Waals surface area contributed by atoms with Crippen molar-refractivity contribution in [3.63, 3.8) is 0 Å². The number of likely N-dealkylation sites (tertiary alicyclic amines) is 1. The molecule has 0 bridgehead atoms. The van der Waals surface area contributed by atoms with Crippen molar-refractivity contribution in [3.05, 3.63) is 34.0 Å². The van der Waals surface area contributed by atoms with E-state index in [1.807, 2.05) is 9.58 Å². The molecule has 1 aliphatic heterocycles. The quantitative estimate of drug-likeness (QED) is 0.876. The second-order valence-corrected chi connectivity index (χ2v) is 6.72. The molecular formula is C15H20N4OS. The minimum atomic E-state index is 0.160. The van der Waals surface area contributed by atoms with Gasteiger partial charge in [-0.1, -0.05) is 6.92 Å². The van der Waals surface area contributed by atoms with Gasteiger partial charge in [0.05, 0.1) is 10.9 Å². The van der Waals surface area contributed by atoms with E-state index in [-0.39, 0.29) is 11.9 Å². The fraction of sp³-hybridized carbons (Fsp3) is 0.533. The summed E-state index contributed by atoms with van der Waals surface area (Å²) in [6.07, 6.45) is 6.34. The highest BCUT2D eigenvalue weighted by atomic mass is 32.1. The lowest BCUT2D eigenvalue weighted by atomic mass is 10.1. The Morgan fingerprint density at radius 3 is 3.05 bits per heavy atom. The Balaban J connectivity index is 1.74. The van der Waals surface area contributed by atoms with E-state index in [1.54, 1.807) is 24.0 Å². The molecule has 6 heteroatoms. The Morgan fingerprint density at radius 2 is 2.38 bits per heavy atom. The van der Waals surface area contributed by atoms with Gasteiger partial charge in [-0.25, -0.2) is 9.67 Å². The van der Waals surface area contributed by atoms with Gasteiger partial charge in [0.15, 0.2) is 0 Å². The van der Waals surface area contributed by atoms with E-state index in [1.165, 1.54) is 10.4 Å². The molecule has 1 saturated heterocycles. The number of carbonyl (C=O) groups excluding carboxylic acids is 1. The molecule has 0 unspecified atom stereocenters. The van der Waals surface area contributed by atoms with Gasteiger partial charge in [0.1, 0.15) is 12.7 Å². The fourth-order valence-electron chi connectivity index (χ4n) is 2.89. The van der Waals surface area contributed by atoms with Crippen LogP contribution in [0.2, 0.25) is 0 Å². The number of hydrogen-bond donors (Lipinski definition) is 0. The minimum Gasteiger partial charge on any atom is -0.336 e. The van der Waals surface area contributed by atoms with E-state index < -0.39 is 0 Å². The normalized spacial score (nSPS) is 19.0. The molecule has 2 aromatic rings. The average Bonchev–Trinajstić information content (AvgIpc) is 3.16. The predicted octanol–water partition coefficient (Wildman–Crippen LogP) is 2.69. The molecule has 0 aromatic carbocycles. The first-order valence-corrected chi connectivity index (χ1v) is 8.23. The Morgan fingerprint density at radius 1 is 1.52 bits per heavy atom. The zero-order valence-electron chi connectivity index (χ0n) is 12.5. The highest BCUT2D eigenvalue weighted by Crippen LogP contribution is 2.26. The lowest BCUT2D eigenvalue weighted by Crippen LogP contribution is -2.40. The summed E-state index contributed by atoms with van der Waals surface area (Å²) in [6.45, 7) is 5.78. The molecule has 1 aliphatic rings. The van der Waals surface area contributed by atoms with Crippen molar-refractivity contribution in [2.75, 3.05) is 13.1 Å². The summed E-state index contributed by atoms with van der Waals surface area (Å²) in [5.74, 6) is 0.160. The molecular weight excluding hydrogens is 284 g/mol. The maximum absolute atomic E-state index is 12.7. The third kappa shape index (κ3) is 2.85. The number of thiophene rings is 1. The van der Waals surface area contributed by atoms with Crippen LogP contribution in [0.15, 0.2) is 18.7 Å². The maximum atomic E-state index is 12.7. The number of aromatic nitrogens is 3. The summed E-state index contributed by atoms with van der Waals surface area (Å²) in [7, 11) is 0. The topological polar surface area (TPSA) is 51.0 Å². The minimum absolute atomic E-state index is 0.160. The lowest BCUT2D eigenvalue weighted by Gasteiger charge is -2.32. The van der Waals surface area contributed by atoms with Gasteiger partial charge in [0.25, 0.3) is 5.91 Å². The molecule has 0 spiro atoms. The van der Waals surface area contributed by atoms with Crippen LogP contribution in [-0.4, -0.2) is 38.7 Å². The molecule has 1 fully saturated rings. The van der Waals surface area contributed by atoms with Gasteiger partial charge >= 0.3 is 0 Å². The first-order valence-electron chi connectivity index (χ1n) is 7.41. The average molecular weight is 304 g/mol. The highest BCUT2D eigenvalue weighted by molar-refractivity contribution is 7.14. The van der Waals surface area contributed by atoms with E-state index in [4.69, 9.17) is 0 Å². The van der Waals surface area contributed by atoms with Crippen LogP contribution in [0.5, 0.6) is 0 Å². The molecule has 0 N–H and O–H groups in total. The van der Waals surface area contributed by atoms with Crippen molar-refractivity contribution >= 4 is 17.2 Å². The van der Waals surface area contributed by atoms with Crippen molar-refractivity contribution in [2.45, 2.75) is 39.2 Å². The summed E-state index contributed by atoms with van der Waals surface area (Å²) in [5.41, 5.74) is 1.29. The maximum Gasteiger partial charge on any atom is 0.264 e. The first-order chi connectivity index (χ1) is 10.2. The zero-order valence-corrected chi connectivity index (χ0v) is 13.3. The molecule has 1 atom stereocenters. The first kappa shape index (κ1) is 14.3. The van der Waals surface area contributed by atoms with Crippen LogP contribution in [0, 0.1) is 6.92 Å². The van der Waals surface area contributed by atoms with Gasteiger partial charge in [-0.05, 0) is 37.8 Å². The van der Waals surface area contributed by atoms with Gasteiger partial charge in [-0.15, -0.1) is 11.3 Å². The van der Waals surface area contributed by atoms with Gasteiger partial charge in [-0.2, -0.15) is 5.10 Å². The van der Waals surface area contributed by atoms with Crippen LogP contribution < -0.4 is 0 Å². The molecule has 21 heavy (non-hydrogen) atoms. The molecule has 3 rings (SSSR count).